The molecule has 2 aromatic rings. The van der Waals surface area contributed by atoms with Crippen LogP contribution < -0.4 is 4.90 Å². The molecule has 6 nitrogen and oxygen atoms in total. The minimum atomic E-state index is 0.0594. The molecule has 2 aliphatic rings. The molecule has 0 N–H and O–H groups in total. The molecule has 31 heavy (non-hydrogen) atoms. The highest BCUT2D eigenvalue weighted by atomic mass is 16.2. The summed E-state index contributed by atoms with van der Waals surface area (Å²) in [5.41, 5.74) is 2.81. The minimum Gasteiger partial charge on any atom is -0.356 e. The predicted molar refractivity (Wildman–Crippen MR) is 125 cm³/mol. The quantitative estimate of drug-likeness (QED) is 0.730. The lowest BCUT2D eigenvalue weighted by Crippen LogP contribution is -2.49. The third kappa shape index (κ3) is 4.90. The number of hydrogen-bond acceptors (Lipinski definition) is 5. The lowest BCUT2D eigenvalue weighted by atomic mass is 9.94. The maximum atomic E-state index is 13.5. The molecule has 1 aromatic heterocycles. The highest BCUT2D eigenvalue weighted by Crippen LogP contribution is 2.29. The molecule has 2 fully saturated rings. The van der Waals surface area contributed by atoms with Crippen LogP contribution in [0.3, 0.4) is 0 Å². The minimum absolute atomic E-state index is 0.0594. The summed E-state index contributed by atoms with van der Waals surface area (Å²) < 4.78 is 0. The molecule has 1 amide bonds. The fourth-order valence-electron chi connectivity index (χ4n) is 4.79. The van der Waals surface area contributed by atoms with Gasteiger partial charge in [-0.3, -0.25) is 4.79 Å². The van der Waals surface area contributed by atoms with Crippen molar-refractivity contribution in [1.29, 1.82) is 0 Å². The van der Waals surface area contributed by atoms with Crippen LogP contribution in [0.15, 0.2) is 30.5 Å². The van der Waals surface area contributed by atoms with E-state index in [0.717, 1.165) is 56.9 Å². The number of hydrogen-bond donors (Lipinski definition) is 0. The fourth-order valence-corrected chi connectivity index (χ4v) is 4.79. The third-order valence-corrected chi connectivity index (χ3v) is 6.84. The van der Waals surface area contributed by atoms with E-state index < -0.39 is 0 Å². The van der Waals surface area contributed by atoms with E-state index in [1.54, 1.807) is 6.20 Å². The van der Waals surface area contributed by atoms with Gasteiger partial charge in [0.15, 0.2) is 5.82 Å². The average molecular weight is 422 g/mol. The summed E-state index contributed by atoms with van der Waals surface area (Å²) in [5.74, 6) is 1.53. The Hall–Kier alpha value is -2.47. The number of carbonyl (C=O) groups excluding carboxylic acids is 1. The number of anilines is 1. The first-order valence-corrected chi connectivity index (χ1v) is 11.8. The topological polar surface area (TPSA) is 52.6 Å². The summed E-state index contributed by atoms with van der Waals surface area (Å²) in [6, 6.07) is 8.68. The van der Waals surface area contributed by atoms with Crippen molar-refractivity contribution in [3.63, 3.8) is 0 Å². The van der Waals surface area contributed by atoms with Crippen LogP contribution in [0.2, 0.25) is 0 Å². The van der Waals surface area contributed by atoms with Gasteiger partial charge in [0.25, 0.3) is 5.91 Å². The fraction of sp³-hybridized carbons (Fsp3) is 0.560. The van der Waals surface area contributed by atoms with Gasteiger partial charge < -0.3 is 14.7 Å². The maximum Gasteiger partial charge on any atom is 0.259 e. The van der Waals surface area contributed by atoms with Crippen molar-refractivity contribution in [3.8, 4) is 11.4 Å². The molecule has 1 saturated carbocycles. The van der Waals surface area contributed by atoms with E-state index in [0.29, 0.717) is 17.4 Å². The Labute approximate surface area is 186 Å². The highest BCUT2D eigenvalue weighted by Gasteiger charge is 2.28. The molecule has 0 bridgehead atoms. The maximum absolute atomic E-state index is 13.5. The average Bonchev–Trinajstić information content (AvgIpc) is 2.83. The van der Waals surface area contributed by atoms with Gasteiger partial charge in [-0.15, -0.1) is 0 Å². The van der Waals surface area contributed by atoms with Gasteiger partial charge in [-0.05, 0) is 32.4 Å². The van der Waals surface area contributed by atoms with Crippen LogP contribution >= 0.6 is 0 Å². The first kappa shape index (κ1) is 21.8. The van der Waals surface area contributed by atoms with Gasteiger partial charge >= 0.3 is 0 Å². The third-order valence-electron chi connectivity index (χ3n) is 6.84. The second-order valence-electron chi connectivity index (χ2n) is 8.93. The second-order valence-corrected chi connectivity index (χ2v) is 8.93. The molecule has 0 atom stereocenters. The molecule has 1 saturated heterocycles. The van der Waals surface area contributed by atoms with Crippen LogP contribution in [0, 0.1) is 6.92 Å². The molecule has 1 aliphatic heterocycles. The molecule has 4 rings (SSSR count). The number of rotatable bonds is 5. The Kier molecular flexibility index (Phi) is 6.86. The van der Waals surface area contributed by atoms with Crippen molar-refractivity contribution in [2.75, 3.05) is 44.7 Å². The molecule has 0 unspecified atom stereocenters. The first-order valence-electron chi connectivity index (χ1n) is 11.8. The first-order chi connectivity index (χ1) is 15.1. The molecule has 6 heteroatoms. The monoisotopic (exact) mass is 421 g/mol. The van der Waals surface area contributed by atoms with Gasteiger partial charge in [-0.2, -0.15) is 0 Å². The summed E-state index contributed by atoms with van der Waals surface area (Å²) in [4.78, 5) is 29.7. The van der Waals surface area contributed by atoms with Crippen LogP contribution in [-0.2, 0) is 0 Å². The predicted octanol–water partition coefficient (Wildman–Crippen LogP) is 4.00. The van der Waals surface area contributed by atoms with Crippen molar-refractivity contribution in [1.82, 2.24) is 19.8 Å². The van der Waals surface area contributed by atoms with E-state index >= 15 is 0 Å². The largest absolute Gasteiger partial charge is 0.356 e. The van der Waals surface area contributed by atoms with E-state index in [9.17, 15) is 4.79 Å². The van der Waals surface area contributed by atoms with E-state index in [4.69, 9.17) is 4.98 Å². The van der Waals surface area contributed by atoms with E-state index in [2.05, 4.69) is 47.8 Å². The number of likely N-dealkylation sites (N-methyl/N-ethyl adjacent to an activating group) is 1. The number of benzene rings is 1. The van der Waals surface area contributed by atoms with E-state index in [1.165, 1.54) is 24.8 Å². The SMILES string of the molecule is CCN1CCN(C(=O)c2cnc(-c3cccc(C)c3)nc2N(C)C2CCCCC2)CC1. The number of nitrogens with zero attached hydrogens (tertiary/aromatic N) is 5. The van der Waals surface area contributed by atoms with Crippen LogP contribution in [0.4, 0.5) is 5.82 Å². The second kappa shape index (κ2) is 9.77. The summed E-state index contributed by atoms with van der Waals surface area (Å²) in [6.07, 6.45) is 7.86. The molecule has 0 spiro atoms. The van der Waals surface area contributed by atoms with Crippen LogP contribution in [-0.4, -0.2) is 71.5 Å². The van der Waals surface area contributed by atoms with Crippen molar-refractivity contribution >= 4 is 11.7 Å². The van der Waals surface area contributed by atoms with Gasteiger partial charge in [-0.1, -0.05) is 49.9 Å². The van der Waals surface area contributed by atoms with Gasteiger partial charge in [0, 0.05) is 51.0 Å². The smallest absolute Gasteiger partial charge is 0.259 e. The zero-order valence-electron chi connectivity index (χ0n) is 19.2. The normalized spacial score (nSPS) is 18.2. The lowest BCUT2D eigenvalue weighted by molar-refractivity contribution is 0.0643. The Balaban J connectivity index is 1.67. The van der Waals surface area contributed by atoms with Crippen LogP contribution in [0.1, 0.15) is 54.9 Å². The zero-order chi connectivity index (χ0) is 21.8. The molecular formula is C25H35N5O. The molecule has 0 radical (unpaired) electrons. The molecule has 1 aliphatic carbocycles. The Morgan fingerprint density at radius 1 is 1.13 bits per heavy atom. The van der Waals surface area contributed by atoms with Crippen LogP contribution in [0.25, 0.3) is 11.4 Å². The number of amides is 1. The Morgan fingerprint density at radius 2 is 1.87 bits per heavy atom. The number of aryl methyl sites for hydroxylation is 1. The lowest BCUT2D eigenvalue weighted by Gasteiger charge is -2.36. The van der Waals surface area contributed by atoms with Gasteiger partial charge in [0.05, 0.1) is 0 Å². The summed E-state index contributed by atoms with van der Waals surface area (Å²) >= 11 is 0. The molecule has 166 valence electrons. The van der Waals surface area contributed by atoms with Gasteiger partial charge in [-0.25, -0.2) is 9.97 Å². The van der Waals surface area contributed by atoms with Crippen molar-refractivity contribution in [2.24, 2.45) is 0 Å². The molecule has 1 aromatic carbocycles. The van der Waals surface area contributed by atoms with Crippen molar-refractivity contribution < 1.29 is 4.79 Å². The van der Waals surface area contributed by atoms with Gasteiger partial charge in [0.1, 0.15) is 11.4 Å². The summed E-state index contributed by atoms with van der Waals surface area (Å²) in [6.45, 7) is 8.67. The van der Waals surface area contributed by atoms with Crippen molar-refractivity contribution in [2.45, 2.75) is 52.0 Å². The van der Waals surface area contributed by atoms with Crippen LogP contribution in [0.5, 0.6) is 0 Å². The van der Waals surface area contributed by atoms with E-state index in [1.807, 2.05) is 17.0 Å². The number of aromatic nitrogens is 2. The number of carbonyl (C=O) groups is 1. The van der Waals surface area contributed by atoms with Gasteiger partial charge in [0.2, 0.25) is 0 Å². The van der Waals surface area contributed by atoms with Crippen molar-refractivity contribution in [3.05, 3.63) is 41.6 Å². The summed E-state index contributed by atoms with van der Waals surface area (Å²) in [5, 5.41) is 0. The highest BCUT2D eigenvalue weighted by molar-refractivity contribution is 5.99. The Morgan fingerprint density at radius 3 is 2.55 bits per heavy atom. The van der Waals surface area contributed by atoms with E-state index in [-0.39, 0.29) is 5.91 Å². The number of piperazine rings is 1. The summed E-state index contributed by atoms with van der Waals surface area (Å²) in [7, 11) is 2.10. The molecule has 2 heterocycles. The molecular weight excluding hydrogens is 386 g/mol. The Bertz CT molecular complexity index is 901. The standard InChI is InChI=1S/C25H35N5O/c1-4-29-13-15-30(16-14-29)25(31)22-18-26-23(20-10-8-9-19(2)17-20)27-24(22)28(3)21-11-6-5-7-12-21/h8-10,17-18,21H,4-7,11-16H2,1-3H3. The zero-order valence-corrected chi connectivity index (χ0v) is 19.2.